The van der Waals surface area contributed by atoms with Crippen molar-refractivity contribution in [2.75, 3.05) is 32.7 Å². The second-order valence-corrected chi connectivity index (χ2v) is 6.50. The van der Waals surface area contributed by atoms with Crippen molar-refractivity contribution in [2.45, 2.75) is 33.0 Å². The molecule has 1 aromatic heterocycles. The first-order chi connectivity index (χ1) is 10.0. The first-order valence-electron chi connectivity index (χ1n) is 7.61. The molecule has 2 aliphatic heterocycles. The van der Waals surface area contributed by atoms with Gasteiger partial charge in [-0.1, -0.05) is 19.0 Å². The van der Waals surface area contributed by atoms with Gasteiger partial charge in [-0.25, -0.2) is 0 Å². The molecule has 1 amide bonds. The van der Waals surface area contributed by atoms with E-state index in [2.05, 4.69) is 23.9 Å². The van der Waals surface area contributed by atoms with Crippen molar-refractivity contribution >= 4 is 5.91 Å². The Morgan fingerprint density at radius 2 is 2.00 bits per heavy atom. The van der Waals surface area contributed by atoms with Crippen molar-refractivity contribution in [3.05, 3.63) is 17.5 Å². The smallest absolute Gasteiger partial charge is 0.259 e. The summed E-state index contributed by atoms with van der Waals surface area (Å²) in [7, 11) is 0. The fraction of sp³-hybridized carbons (Fsp3) is 0.733. The molecule has 116 valence electrons. The maximum Gasteiger partial charge on any atom is 0.259 e. The predicted molar refractivity (Wildman–Crippen MR) is 77.1 cm³/mol. The number of fused-ring (bicyclic) bond motifs is 2. The van der Waals surface area contributed by atoms with Gasteiger partial charge in [-0.3, -0.25) is 9.69 Å². The normalized spacial score (nSPS) is 26.4. The molecule has 21 heavy (non-hydrogen) atoms. The largest absolute Gasteiger partial charge is 0.369 e. The van der Waals surface area contributed by atoms with Crippen LogP contribution in [0.4, 0.5) is 0 Å². The summed E-state index contributed by atoms with van der Waals surface area (Å²) in [5.41, 5.74) is 0.564. The Labute approximate surface area is 125 Å². The molecule has 3 rings (SSSR count). The van der Waals surface area contributed by atoms with Gasteiger partial charge in [0.1, 0.15) is 11.3 Å². The number of aromatic nitrogens is 1. The number of hydrogen-bond donors (Lipinski definition) is 0. The molecule has 2 unspecified atom stereocenters. The fourth-order valence-corrected chi connectivity index (χ4v) is 3.28. The van der Waals surface area contributed by atoms with E-state index in [-0.39, 0.29) is 18.1 Å². The second kappa shape index (κ2) is 5.77. The van der Waals surface area contributed by atoms with Crippen LogP contribution < -0.4 is 0 Å². The van der Waals surface area contributed by atoms with Crippen LogP contribution in [0.5, 0.6) is 0 Å². The third-order valence-corrected chi connectivity index (χ3v) is 4.05. The number of rotatable bonds is 3. The van der Waals surface area contributed by atoms with Crippen LogP contribution in [0.2, 0.25) is 0 Å². The summed E-state index contributed by atoms with van der Waals surface area (Å²) in [6.07, 6.45) is 1.73. The highest BCUT2D eigenvalue weighted by Gasteiger charge is 2.37. The van der Waals surface area contributed by atoms with Crippen molar-refractivity contribution in [3.8, 4) is 0 Å². The summed E-state index contributed by atoms with van der Waals surface area (Å²) in [4.78, 5) is 16.9. The standard InChI is InChI=1S/C15H23N3O3/c1-10(2)5-17-6-12-8-18(9-13(7-17)20-12)15(19)14-4-16-21-11(14)3/h4,10,12-13H,5-9H2,1-3H3. The monoisotopic (exact) mass is 293 g/mol. The maximum atomic E-state index is 12.5. The molecule has 0 aromatic carbocycles. The Kier molecular flexibility index (Phi) is 3.99. The molecule has 2 fully saturated rings. The van der Waals surface area contributed by atoms with E-state index >= 15 is 0 Å². The Morgan fingerprint density at radius 1 is 1.33 bits per heavy atom. The zero-order valence-corrected chi connectivity index (χ0v) is 12.9. The van der Waals surface area contributed by atoms with Crippen LogP contribution in [-0.4, -0.2) is 65.8 Å². The minimum Gasteiger partial charge on any atom is -0.369 e. The molecule has 2 aliphatic rings. The molecule has 2 saturated heterocycles. The van der Waals surface area contributed by atoms with Crippen LogP contribution >= 0.6 is 0 Å². The molecule has 3 heterocycles. The molecule has 0 N–H and O–H groups in total. The molecule has 2 bridgehead atoms. The Balaban J connectivity index is 1.65. The van der Waals surface area contributed by atoms with Gasteiger partial charge < -0.3 is 14.2 Å². The van der Waals surface area contributed by atoms with Crippen molar-refractivity contribution in [1.29, 1.82) is 0 Å². The lowest BCUT2D eigenvalue weighted by Crippen LogP contribution is -2.60. The number of ether oxygens (including phenoxy) is 1. The molecule has 0 radical (unpaired) electrons. The molecule has 1 aromatic rings. The van der Waals surface area contributed by atoms with E-state index in [0.717, 1.165) is 19.6 Å². The van der Waals surface area contributed by atoms with Crippen LogP contribution in [0.3, 0.4) is 0 Å². The number of amides is 1. The van der Waals surface area contributed by atoms with E-state index in [1.807, 2.05) is 4.90 Å². The number of morpholine rings is 2. The Morgan fingerprint density at radius 3 is 2.52 bits per heavy atom. The summed E-state index contributed by atoms with van der Waals surface area (Å²) in [6.45, 7) is 10.4. The number of carbonyl (C=O) groups is 1. The molecule has 0 spiro atoms. The lowest BCUT2D eigenvalue weighted by molar-refractivity contribution is -0.131. The molecular formula is C15H23N3O3. The highest BCUT2D eigenvalue weighted by Crippen LogP contribution is 2.22. The number of aryl methyl sites for hydroxylation is 1. The van der Waals surface area contributed by atoms with Gasteiger partial charge in [0.2, 0.25) is 0 Å². The molecule has 0 aliphatic carbocycles. The van der Waals surface area contributed by atoms with Crippen molar-refractivity contribution in [1.82, 2.24) is 15.0 Å². The van der Waals surface area contributed by atoms with Crippen molar-refractivity contribution in [3.63, 3.8) is 0 Å². The minimum atomic E-state index is 0.00404. The van der Waals surface area contributed by atoms with Gasteiger partial charge in [0.15, 0.2) is 0 Å². The minimum absolute atomic E-state index is 0.00404. The zero-order valence-electron chi connectivity index (χ0n) is 12.9. The summed E-state index contributed by atoms with van der Waals surface area (Å²) >= 11 is 0. The summed E-state index contributed by atoms with van der Waals surface area (Å²) in [6, 6.07) is 0. The van der Waals surface area contributed by atoms with Crippen molar-refractivity contribution < 1.29 is 14.1 Å². The first kappa shape index (κ1) is 14.5. The van der Waals surface area contributed by atoms with Gasteiger partial charge in [0.25, 0.3) is 5.91 Å². The van der Waals surface area contributed by atoms with Crippen LogP contribution in [-0.2, 0) is 4.74 Å². The van der Waals surface area contributed by atoms with E-state index in [0.29, 0.717) is 30.3 Å². The van der Waals surface area contributed by atoms with E-state index < -0.39 is 0 Å². The van der Waals surface area contributed by atoms with Crippen LogP contribution in [0.15, 0.2) is 10.7 Å². The zero-order chi connectivity index (χ0) is 15.0. The third kappa shape index (κ3) is 3.11. The highest BCUT2D eigenvalue weighted by molar-refractivity contribution is 5.94. The number of hydrogen-bond acceptors (Lipinski definition) is 5. The van der Waals surface area contributed by atoms with Crippen LogP contribution in [0.1, 0.15) is 30.0 Å². The number of nitrogens with zero attached hydrogens (tertiary/aromatic N) is 3. The topological polar surface area (TPSA) is 58.8 Å². The average Bonchev–Trinajstić information content (AvgIpc) is 2.82. The second-order valence-electron chi connectivity index (χ2n) is 6.50. The van der Waals surface area contributed by atoms with E-state index in [9.17, 15) is 4.79 Å². The molecule has 2 atom stereocenters. The molecule has 6 heteroatoms. The third-order valence-electron chi connectivity index (χ3n) is 4.05. The van der Waals surface area contributed by atoms with Gasteiger partial charge in [0, 0.05) is 32.7 Å². The summed E-state index contributed by atoms with van der Waals surface area (Å²) < 4.78 is 11.0. The van der Waals surface area contributed by atoms with Gasteiger partial charge in [0.05, 0.1) is 18.4 Å². The lowest BCUT2D eigenvalue weighted by Gasteiger charge is -2.46. The van der Waals surface area contributed by atoms with E-state index in [1.165, 1.54) is 6.20 Å². The Hall–Kier alpha value is -1.40. The lowest BCUT2D eigenvalue weighted by atomic mass is 10.1. The van der Waals surface area contributed by atoms with Gasteiger partial charge >= 0.3 is 0 Å². The van der Waals surface area contributed by atoms with Crippen LogP contribution in [0, 0.1) is 12.8 Å². The first-order valence-corrected chi connectivity index (χ1v) is 7.61. The van der Waals surface area contributed by atoms with Crippen molar-refractivity contribution in [2.24, 2.45) is 5.92 Å². The molecular weight excluding hydrogens is 270 g/mol. The number of carbonyl (C=O) groups excluding carboxylic acids is 1. The Bertz CT molecular complexity index is 500. The molecule has 6 nitrogen and oxygen atoms in total. The van der Waals surface area contributed by atoms with E-state index in [4.69, 9.17) is 9.26 Å². The van der Waals surface area contributed by atoms with Gasteiger partial charge in [-0.15, -0.1) is 0 Å². The average molecular weight is 293 g/mol. The van der Waals surface area contributed by atoms with E-state index in [1.54, 1.807) is 6.92 Å². The van der Waals surface area contributed by atoms with Gasteiger partial charge in [-0.2, -0.15) is 0 Å². The summed E-state index contributed by atoms with van der Waals surface area (Å²) in [5.74, 6) is 1.24. The van der Waals surface area contributed by atoms with Crippen LogP contribution in [0.25, 0.3) is 0 Å². The summed E-state index contributed by atoms with van der Waals surface area (Å²) in [5, 5.41) is 3.69. The molecule has 0 saturated carbocycles. The fourth-order valence-electron chi connectivity index (χ4n) is 3.28. The highest BCUT2D eigenvalue weighted by atomic mass is 16.5. The quantitative estimate of drug-likeness (QED) is 0.837. The SMILES string of the molecule is Cc1oncc1C(=O)N1CC2CN(CC(C)C)CC(C1)O2. The predicted octanol–water partition coefficient (Wildman–Crippen LogP) is 1.16. The van der Waals surface area contributed by atoms with Gasteiger partial charge in [-0.05, 0) is 12.8 Å². The maximum absolute atomic E-state index is 12.5.